The van der Waals surface area contributed by atoms with Crippen LogP contribution in [0.25, 0.3) is 0 Å². The second-order valence-electron chi connectivity index (χ2n) is 3.67. The van der Waals surface area contributed by atoms with Gasteiger partial charge in [-0.1, -0.05) is 11.6 Å². The first-order chi connectivity index (χ1) is 8.06. The van der Waals surface area contributed by atoms with E-state index >= 15 is 0 Å². The lowest BCUT2D eigenvalue weighted by molar-refractivity contribution is 0.142. The number of carbonyl (C=O) groups is 1. The van der Waals surface area contributed by atoms with Crippen molar-refractivity contribution in [1.82, 2.24) is 14.9 Å². The maximum Gasteiger partial charge on any atom is 0.407 e. The Morgan fingerprint density at radius 2 is 2.00 bits per heavy atom. The summed E-state index contributed by atoms with van der Waals surface area (Å²) in [4.78, 5) is 22.1. The molecule has 0 unspecified atom stereocenters. The van der Waals surface area contributed by atoms with Gasteiger partial charge in [0, 0.05) is 32.2 Å². The van der Waals surface area contributed by atoms with E-state index in [0.717, 1.165) is 0 Å². The first-order valence-electron chi connectivity index (χ1n) is 5.09. The molecule has 0 spiro atoms. The van der Waals surface area contributed by atoms with E-state index in [1.807, 2.05) is 4.90 Å². The predicted molar refractivity (Wildman–Crippen MR) is 63.3 cm³/mol. The topological polar surface area (TPSA) is 95.6 Å². The van der Waals surface area contributed by atoms with Crippen LogP contribution < -0.4 is 10.6 Å². The molecule has 0 atom stereocenters. The molecule has 1 aliphatic rings. The van der Waals surface area contributed by atoms with Gasteiger partial charge in [-0.25, -0.2) is 9.78 Å². The average Bonchev–Trinajstić information content (AvgIpc) is 2.28. The summed E-state index contributed by atoms with van der Waals surface area (Å²) in [6, 6.07) is 1.47. The standard InChI is InChI=1S/C9H12ClN5O2/c10-6-5-7(11)13-8(12-6)14-1-3-15(4-2-14)9(16)17/h5H,1-4H2,(H,16,17)(H2,11,12,13). The molecule has 0 aromatic carbocycles. The van der Waals surface area contributed by atoms with Crippen molar-refractivity contribution in [2.24, 2.45) is 0 Å². The van der Waals surface area contributed by atoms with E-state index in [9.17, 15) is 4.79 Å². The Bertz CT molecular complexity index is 413. The van der Waals surface area contributed by atoms with Crippen LogP contribution in [0.4, 0.5) is 16.6 Å². The fourth-order valence-electron chi connectivity index (χ4n) is 1.66. The number of hydrogen-bond acceptors (Lipinski definition) is 5. The van der Waals surface area contributed by atoms with Crippen molar-refractivity contribution in [3.8, 4) is 0 Å². The highest BCUT2D eigenvalue weighted by Crippen LogP contribution is 2.16. The Balaban J connectivity index is 2.07. The lowest BCUT2D eigenvalue weighted by Crippen LogP contribution is -2.48. The van der Waals surface area contributed by atoms with E-state index in [1.54, 1.807) is 0 Å². The SMILES string of the molecule is Nc1cc(Cl)nc(N2CCN(C(=O)O)CC2)n1. The summed E-state index contributed by atoms with van der Waals surface area (Å²) in [6.07, 6.45) is -0.906. The molecule has 1 aliphatic heterocycles. The molecule has 0 saturated carbocycles. The number of halogens is 1. The second kappa shape index (κ2) is 4.62. The number of hydrogen-bond donors (Lipinski definition) is 2. The summed E-state index contributed by atoms with van der Waals surface area (Å²) in [7, 11) is 0. The van der Waals surface area contributed by atoms with Gasteiger partial charge in [-0.15, -0.1) is 0 Å². The molecule has 8 heteroatoms. The molecule has 1 fully saturated rings. The third-order valence-electron chi connectivity index (χ3n) is 2.54. The zero-order valence-corrected chi connectivity index (χ0v) is 9.76. The summed E-state index contributed by atoms with van der Waals surface area (Å²) in [6.45, 7) is 1.91. The van der Waals surface area contributed by atoms with Crippen LogP contribution in [0.15, 0.2) is 6.07 Å². The van der Waals surface area contributed by atoms with Crippen LogP contribution >= 0.6 is 11.6 Å². The molecule has 0 aliphatic carbocycles. The molecule has 0 radical (unpaired) electrons. The van der Waals surface area contributed by atoms with Crippen LogP contribution in [0.1, 0.15) is 0 Å². The van der Waals surface area contributed by atoms with Crippen LogP contribution in [0.3, 0.4) is 0 Å². The highest BCUT2D eigenvalue weighted by Gasteiger charge is 2.22. The van der Waals surface area contributed by atoms with Gasteiger partial charge in [0.25, 0.3) is 0 Å². The summed E-state index contributed by atoms with van der Waals surface area (Å²) < 4.78 is 0. The van der Waals surface area contributed by atoms with E-state index in [1.165, 1.54) is 11.0 Å². The van der Waals surface area contributed by atoms with Crippen molar-refractivity contribution in [2.45, 2.75) is 0 Å². The first-order valence-corrected chi connectivity index (χ1v) is 5.47. The molecule has 2 heterocycles. The predicted octanol–water partition coefficient (Wildman–Crippen LogP) is 0.512. The largest absolute Gasteiger partial charge is 0.465 e. The van der Waals surface area contributed by atoms with Gasteiger partial charge < -0.3 is 20.6 Å². The normalized spacial score (nSPS) is 16.1. The number of amides is 1. The second-order valence-corrected chi connectivity index (χ2v) is 4.06. The number of carboxylic acid groups (broad SMARTS) is 1. The monoisotopic (exact) mass is 257 g/mol. The molecule has 3 N–H and O–H groups in total. The molecule has 1 amide bonds. The van der Waals surface area contributed by atoms with Crippen molar-refractivity contribution < 1.29 is 9.90 Å². The third-order valence-corrected chi connectivity index (χ3v) is 2.73. The van der Waals surface area contributed by atoms with Gasteiger partial charge >= 0.3 is 6.09 Å². The average molecular weight is 258 g/mol. The highest BCUT2D eigenvalue weighted by molar-refractivity contribution is 6.29. The van der Waals surface area contributed by atoms with E-state index < -0.39 is 6.09 Å². The van der Waals surface area contributed by atoms with Crippen LogP contribution in [0, 0.1) is 0 Å². The van der Waals surface area contributed by atoms with E-state index in [4.69, 9.17) is 22.4 Å². The van der Waals surface area contributed by atoms with Crippen molar-refractivity contribution in [3.63, 3.8) is 0 Å². The van der Waals surface area contributed by atoms with E-state index in [2.05, 4.69) is 9.97 Å². The minimum Gasteiger partial charge on any atom is -0.465 e. The Hall–Kier alpha value is -1.76. The van der Waals surface area contributed by atoms with Gasteiger partial charge in [0.2, 0.25) is 5.95 Å². The molecule has 2 rings (SSSR count). The number of piperazine rings is 1. The maximum absolute atomic E-state index is 10.7. The molecule has 1 aromatic rings. The van der Waals surface area contributed by atoms with E-state index in [-0.39, 0.29) is 5.15 Å². The lowest BCUT2D eigenvalue weighted by atomic mass is 10.3. The molecular weight excluding hydrogens is 246 g/mol. The fraction of sp³-hybridized carbons (Fsp3) is 0.444. The number of nitrogens with two attached hydrogens (primary N) is 1. The van der Waals surface area contributed by atoms with Gasteiger partial charge in [-0.2, -0.15) is 4.98 Å². The van der Waals surface area contributed by atoms with Gasteiger partial charge in [0.1, 0.15) is 11.0 Å². The summed E-state index contributed by atoms with van der Waals surface area (Å²) in [5.41, 5.74) is 5.57. The van der Waals surface area contributed by atoms with Crippen molar-refractivity contribution in [3.05, 3.63) is 11.2 Å². The van der Waals surface area contributed by atoms with Crippen molar-refractivity contribution >= 4 is 29.5 Å². The fourth-order valence-corrected chi connectivity index (χ4v) is 1.85. The van der Waals surface area contributed by atoms with Crippen LogP contribution in [-0.2, 0) is 0 Å². The Morgan fingerprint density at radius 3 is 2.53 bits per heavy atom. The van der Waals surface area contributed by atoms with Gasteiger partial charge in [0.15, 0.2) is 0 Å². The Morgan fingerprint density at radius 1 is 1.35 bits per heavy atom. The maximum atomic E-state index is 10.7. The van der Waals surface area contributed by atoms with Crippen molar-refractivity contribution in [2.75, 3.05) is 36.8 Å². The minimum atomic E-state index is -0.906. The number of nitrogens with zero attached hydrogens (tertiary/aromatic N) is 4. The quantitative estimate of drug-likeness (QED) is 0.712. The minimum absolute atomic E-state index is 0.285. The molecule has 92 valence electrons. The molecular formula is C9H12ClN5O2. The molecule has 17 heavy (non-hydrogen) atoms. The van der Waals surface area contributed by atoms with Crippen LogP contribution in [0.5, 0.6) is 0 Å². The van der Waals surface area contributed by atoms with Gasteiger partial charge in [-0.05, 0) is 0 Å². The van der Waals surface area contributed by atoms with Crippen molar-refractivity contribution in [1.29, 1.82) is 0 Å². The number of rotatable bonds is 1. The summed E-state index contributed by atoms with van der Waals surface area (Å²) >= 11 is 5.79. The smallest absolute Gasteiger partial charge is 0.407 e. The highest BCUT2D eigenvalue weighted by atomic mass is 35.5. The summed E-state index contributed by atoms with van der Waals surface area (Å²) in [5, 5.41) is 9.10. The molecule has 0 bridgehead atoms. The Labute approximate surface area is 103 Å². The third kappa shape index (κ3) is 2.68. The molecule has 1 saturated heterocycles. The van der Waals surface area contributed by atoms with Crippen LogP contribution in [0.2, 0.25) is 5.15 Å². The van der Waals surface area contributed by atoms with Gasteiger partial charge in [0.05, 0.1) is 0 Å². The molecule has 1 aromatic heterocycles. The zero-order chi connectivity index (χ0) is 12.4. The first kappa shape index (κ1) is 11.7. The van der Waals surface area contributed by atoms with Crippen LogP contribution in [-0.4, -0.2) is 52.2 Å². The number of anilines is 2. The zero-order valence-electron chi connectivity index (χ0n) is 9.01. The molecule has 7 nitrogen and oxygen atoms in total. The summed E-state index contributed by atoms with van der Waals surface area (Å²) in [5.74, 6) is 0.751. The number of nitrogen functional groups attached to an aromatic ring is 1. The lowest BCUT2D eigenvalue weighted by Gasteiger charge is -2.33. The number of aromatic nitrogens is 2. The van der Waals surface area contributed by atoms with Gasteiger partial charge in [-0.3, -0.25) is 0 Å². The van der Waals surface area contributed by atoms with E-state index in [0.29, 0.717) is 37.9 Å². The Kier molecular flexibility index (Phi) is 3.19.